The Bertz CT molecular complexity index is 2770. The van der Waals surface area contributed by atoms with Gasteiger partial charge in [-0.3, -0.25) is 9.13 Å². The minimum atomic E-state index is -0.223. The van der Waals surface area contributed by atoms with E-state index in [-0.39, 0.29) is 5.41 Å². The zero-order valence-electron chi connectivity index (χ0n) is 29.0. The quantitative estimate of drug-likeness (QED) is 0.183. The lowest BCUT2D eigenvalue weighted by Gasteiger charge is -2.42. The van der Waals surface area contributed by atoms with Crippen molar-refractivity contribution in [1.29, 1.82) is 0 Å². The largest absolute Gasteiger partial charge is 0.310 e. The molecule has 248 valence electrons. The molecule has 0 amide bonds. The minimum absolute atomic E-state index is 0.223. The van der Waals surface area contributed by atoms with Crippen LogP contribution in [0.1, 0.15) is 25.0 Å². The highest BCUT2D eigenvalue weighted by atomic mass is 15.2. The van der Waals surface area contributed by atoms with E-state index in [1.54, 1.807) is 0 Å². The van der Waals surface area contributed by atoms with Crippen molar-refractivity contribution in [3.8, 4) is 34.2 Å². The summed E-state index contributed by atoms with van der Waals surface area (Å²) in [6.07, 6.45) is 0. The van der Waals surface area contributed by atoms with Gasteiger partial charge in [0.25, 0.3) is 0 Å². The number of nitrogens with zero attached hydrogens (tertiary/aromatic N) is 5. The summed E-state index contributed by atoms with van der Waals surface area (Å²) in [6, 6.07) is 62.3. The molecule has 0 atom stereocenters. The van der Waals surface area contributed by atoms with Gasteiger partial charge in [0.1, 0.15) is 11.6 Å². The average Bonchev–Trinajstić information content (AvgIpc) is 3.78. The molecule has 5 nitrogen and oxygen atoms in total. The molecule has 0 bridgehead atoms. The second-order valence-electron chi connectivity index (χ2n) is 13.9. The summed E-state index contributed by atoms with van der Waals surface area (Å²) in [5.74, 6) is 1.82. The summed E-state index contributed by atoms with van der Waals surface area (Å²) in [6.45, 7) is 4.67. The number of para-hydroxylation sites is 7. The first-order chi connectivity index (χ1) is 25.6. The highest BCUT2D eigenvalue weighted by Gasteiger charge is 2.37. The molecule has 1 aliphatic heterocycles. The van der Waals surface area contributed by atoms with E-state index in [0.29, 0.717) is 0 Å². The molecule has 0 unspecified atom stereocenters. The Labute approximate surface area is 302 Å². The van der Waals surface area contributed by atoms with Gasteiger partial charge in [0.15, 0.2) is 0 Å². The van der Waals surface area contributed by atoms with E-state index in [2.05, 4.69) is 204 Å². The zero-order chi connectivity index (χ0) is 34.8. The van der Waals surface area contributed by atoms with Crippen molar-refractivity contribution in [2.45, 2.75) is 19.3 Å². The van der Waals surface area contributed by atoms with Gasteiger partial charge in [-0.2, -0.15) is 0 Å². The maximum Gasteiger partial charge on any atom is 0.145 e. The first kappa shape index (κ1) is 30.1. The van der Waals surface area contributed by atoms with E-state index in [0.717, 1.165) is 67.6 Å². The van der Waals surface area contributed by atoms with Crippen LogP contribution in [0.2, 0.25) is 0 Å². The molecule has 0 N–H and O–H groups in total. The van der Waals surface area contributed by atoms with Crippen LogP contribution < -0.4 is 4.90 Å². The van der Waals surface area contributed by atoms with Crippen molar-refractivity contribution in [3.05, 3.63) is 187 Å². The molecule has 1 aliphatic rings. The lowest BCUT2D eigenvalue weighted by molar-refractivity contribution is 0.632. The molecule has 9 aromatic rings. The number of fused-ring (bicyclic) bond motifs is 4. The molecule has 7 aromatic carbocycles. The maximum absolute atomic E-state index is 5.23. The number of imidazole rings is 2. The molecule has 5 heteroatoms. The van der Waals surface area contributed by atoms with Crippen molar-refractivity contribution in [3.63, 3.8) is 0 Å². The van der Waals surface area contributed by atoms with Gasteiger partial charge < -0.3 is 4.90 Å². The van der Waals surface area contributed by atoms with Crippen LogP contribution >= 0.6 is 0 Å². The summed E-state index contributed by atoms with van der Waals surface area (Å²) >= 11 is 0. The molecular formula is C47H35N5. The van der Waals surface area contributed by atoms with Crippen molar-refractivity contribution in [2.24, 2.45) is 0 Å². The Morgan fingerprint density at radius 1 is 0.404 bits per heavy atom. The lowest BCUT2D eigenvalue weighted by Crippen LogP contribution is -2.30. The normalized spacial score (nSPS) is 13.3. The minimum Gasteiger partial charge on any atom is -0.310 e. The summed E-state index contributed by atoms with van der Waals surface area (Å²) in [7, 11) is 0. The Morgan fingerprint density at radius 3 is 1.54 bits per heavy atom. The predicted molar refractivity (Wildman–Crippen MR) is 213 cm³/mol. The SMILES string of the molecule is CC1(C)c2ccccc2N(c2cccc(-c3nc4ccccc4n3-c3ccccc3)c2)c2cc(-c3nc4ccccc4n3-c3ccccc3)ccc21. The van der Waals surface area contributed by atoms with E-state index in [9.17, 15) is 0 Å². The number of hydrogen-bond acceptors (Lipinski definition) is 3. The van der Waals surface area contributed by atoms with Crippen LogP contribution in [0.3, 0.4) is 0 Å². The van der Waals surface area contributed by atoms with Crippen LogP contribution in [0.15, 0.2) is 176 Å². The summed E-state index contributed by atoms with van der Waals surface area (Å²) < 4.78 is 4.54. The zero-order valence-corrected chi connectivity index (χ0v) is 29.0. The van der Waals surface area contributed by atoms with Gasteiger partial charge >= 0.3 is 0 Å². The fraction of sp³-hybridized carbons (Fsp3) is 0.0638. The van der Waals surface area contributed by atoms with Crippen LogP contribution in [0.5, 0.6) is 0 Å². The van der Waals surface area contributed by atoms with Crippen LogP contribution in [0.25, 0.3) is 56.2 Å². The lowest BCUT2D eigenvalue weighted by atomic mass is 9.73. The Balaban J connectivity index is 1.19. The number of benzene rings is 7. The predicted octanol–water partition coefficient (Wildman–Crippen LogP) is 11.8. The van der Waals surface area contributed by atoms with E-state index >= 15 is 0 Å². The summed E-state index contributed by atoms with van der Waals surface area (Å²) in [5, 5.41) is 0. The molecule has 0 fully saturated rings. The topological polar surface area (TPSA) is 38.9 Å². The smallest absolute Gasteiger partial charge is 0.145 e. The van der Waals surface area contributed by atoms with Gasteiger partial charge in [0, 0.05) is 33.6 Å². The molecule has 3 heterocycles. The second kappa shape index (κ2) is 11.7. The molecule has 0 radical (unpaired) electrons. The summed E-state index contributed by atoms with van der Waals surface area (Å²) in [4.78, 5) is 12.9. The first-order valence-electron chi connectivity index (χ1n) is 17.8. The Morgan fingerprint density at radius 2 is 0.904 bits per heavy atom. The van der Waals surface area contributed by atoms with Gasteiger partial charge in [-0.1, -0.05) is 117 Å². The molecule has 0 saturated heterocycles. The van der Waals surface area contributed by atoms with Crippen LogP contribution in [-0.2, 0) is 5.41 Å². The van der Waals surface area contributed by atoms with Crippen molar-refractivity contribution >= 4 is 39.1 Å². The van der Waals surface area contributed by atoms with Crippen molar-refractivity contribution in [2.75, 3.05) is 4.90 Å². The van der Waals surface area contributed by atoms with Crippen LogP contribution in [0.4, 0.5) is 17.1 Å². The van der Waals surface area contributed by atoms with Crippen molar-refractivity contribution in [1.82, 2.24) is 19.1 Å². The number of hydrogen-bond donors (Lipinski definition) is 0. The number of rotatable bonds is 5. The first-order valence-corrected chi connectivity index (χ1v) is 17.8. The third kappa shape index (κ3) is 4.63. The Hall–Kier alpha value is -6.72. The highest BCUT2D eigenvalue weighted by molar-refractivity contribution is 5.91. The molecule has 52 heavy (non-hydrogen) atoms. The molecule has 0 saturated carbocycles. The molecule has 0 aliphatic carbocycles. The highest BCUT2D eigenvalue weighted by Crippen LogP contribution is 2.53. The molecule has 10 rings (SSSR count). The monoisotopic (exact) mass is 669 g/mol. The van der Waals surface area contributed by atoms with E-state index in [1.807, 2.05) is 0 Å². The van der Waals surface area contributed by atoms with Gasteiger partial charge in [0.05, 0.1) is 33.4 Å². The van der Waals surface area contributed by atoms with E-state index < -0.39 is 0 Å². The fourth-order valence-electron chi connectivity index (χ4n) is 8.03. The third-order valence-corrected chi connectivity index (χ3v) is 10.5. The van der Waals surface area contributed by atoms with E-state index in [4.69, 9.17) is 9.97 Å². The number of anilines is 3. The van der Waals surface area contributed by atoms with Crippen LogP contribution in [-0.4, -0.2) is 19.1 Å². The van der Waals surface area contributed by atoms with Gasteiger partial charge in [-0.15, -0.1) is 0 Å². The van der Waals surface area contributed by atoms with Crippen LogP contribution in [0, 0.1) is 0 Å². The fourth-order valence-corrected chi connectivity index (χ4v) is 8.03. The maximum atomic E-state index is 5.23. The molecular weight excluding hydrogens is 635 g/mol. The molecule has 0 spiro atoms. The average molecular weight is 670 g/mol. The van der Waals surface area contributed by atoms with E-state index in [1.165, 1.54) is 16.8 Å². The van der Waals surface area contributed by atoms with Gasteiger partial charge in [-0.25, -0.2) is 9.97 Å². The number of aromatic nitrogens is 4. The third-order valence-electron chi connectivity index (χ3n) is 10.5. The van der Waals surface area contributed by atoms with Gasteiger partial charge in [0.2, 0.25) is 0 Å². The van der Waals surface area contributed by atoms with Gasteiger partial charge in [-0.05, 0) is 83.9 Å². The van der Waals surface area contributed by atoms with Crippen molar-refractivity contribution < 1.29 is 0 Å². The second-order valence-corrected chi connectivity index (χ2v) is 13.9. The molecule has 2 aromatic heterocycles. The standard InChI is InChI=1S/C47H35N5/c1-47(2)37-22-9-12-25-41(37)50(36-21-15-16-32(30-36)45-48-39-23-10-13-26-42(39)51(45)34-17-5-3-6-18-34)44-31-33(28-29-38(44)47)46-49-40-24-11-14-27-43(40)52(46)35-19-7-4-8-20-35/h3-31H,1-2H3. The Kier molecular flexibility index (Phi) is 6.77. The summed E-state index contributed by atoms with van der Waals surface area (Å²) in [5.41, 5.74) is 14.1.